The van der Waals surface area contributed by atoms with E-state index in [1.54, 1.807) is 6.07 Å². The number of ether oxygens (including phenoxy) is 1. The SMILES string of the molecule is COC(=O)c1ccc(CN2CCC(C)(C(N)=O)C2)cc1F. The van der Waals surface area contributed by atoms with Gasteiger partial charge in [-0.05, 0) is 37.6 Å². The third-order valence-electron chi connectivity index (χ3n) is 3.99. The topological polar surface area (TPSA) is 72.6 Å². The summed E-state index contributed by atoms with van der Waals surface area (Å²) in [6, 6.07) is 4.43. The summed E-state index contributed by atoms with van der Waals surface area (Å²) >= 11 is 0. The van der Waals surface area contributed by atoms with Crippen LogP contribution in [0, 0.1) is 11.2 Å². The van der Waals surface area contributed by atoms with Gasteiger partial charge in [-0.15, -0.1) is 0 Å². The summed E-state index contributed by atoms with van der Waals surface area (Å²) in [6.07, 6.45) is 0.699. The Kier molecular flexibility index (Phi) is 4.27. The quantitative estimate of drug-likeness (QED) is 0.850. The van der Waals surface area contributed by atoms with Crippen LogP contribution < -0.4 is 5.73 Å². The van der Waals surface area contributed by atoms with E-state index in [2.05, 4.69) is 9.64 Å². The second kappa shape index (κ2) is 5.81. The van der Waals surface area contributed by atoms with Crippen LogP contribution in [0.15, 0.2) is 18.2 Å². The molecule has 21 heavy (non-hydrogen) atoms. The monoisotopic (exact) mass is 294 g/mol. The fraction of sp³-hybridized carbons (Fsp3) is 0.467. The number of benzene rings is 1. The maximum atomic E-state index is 13.8. The van der Waals surface area contributed by atoms with Crippen molar-refractivity contribution in [1.29, 1.82) is 0 Å². The van der Waals surface area contributed by atoms with Crippen molar-refractivity contribution in [3.05, 3.63) is 35.1 Å². The van der Waals surface area contributed by atoms with Gasteiger partial charge in [0.25, 0.3) is 0 Å². The first-order chi connectivity index (χ1) is 9.85. The van der Waals surface area contributed by atoms with Gasteiger partial charge in [0.2, 0.25) is 5.91 Å². The van der Waals surface area contributed by atoms with Crippen LogP contribution in [0.25, 0.3) is 0 Å². The number of esters is 1. The number of hydrogen-bond donors (Lipinski definition) is 1. The van der Waals surface area contributed by atoms with Gasteiger partial charge in [0.1, 0.15) is 5.82 Å². The van der Waals surface area contributed by atoms with Crippen molar-refractivity contribution in [2.45, 2.75) is 19.9 Å². The molecule has 1 aliphatic heterocycles. The number of rotatable bonds is 4. The van der Waals surface area contributed by atoms with E-state index in [-0.39, 0.29) is 11.5 Å². The number of carbonyl (C=O) groups is 2. The zero-order valence-electron chi connectivity index (χ0n) is 12.2. The molecule has 2 N–H and O–H groups in total. The first-order valence-electron chi connectivity index (χ1n) is 6.75. The van der Waals surface area contributed by atoms with Crippen LogP contribution in [0.2, 0.25) is 0 Å². The van der Waals surface area contributed by atoms with Crippen molar-refractivity contribution < 1.29 is 18.7 Å². The average molecular weight is 294 g/mol. The highest BCUT2D eigenvalue weighted by molar-refractivity contribution is 5.89. The molecular weight excluding hydrogens is 275 g/mol. The van der Waals surface area contributed by atoms with Gasteiger partial charge in [-0.25, -0.2) is 9.18 Å². The molecule has 0 spiro atoms. The van der Waals surface area contributed by atoms with Gasteiger partial charge in [0.05, 0.1) is 18.1 Å². The van der Waals surface area contributed by atoms with Crippen LogP contribution in [0.5, 0.6) is 0 Å². The Labute approximate surface area is 122 Å². The fourth-order valence-electron chi connectivity index (χ4n) is 2.58. The van der Waals surface area contributed by atoms with E-state index in [0.717, 1.165) is 12.1 Å². The van der Waals surface area contributed by atoms with E-state index in [9.17, 15) is 14.0 Å². The number of amides is 1. The lowest BCUT2D eigenvalue weighted by Gasteiger charge is -2.21. The van der Waals surface area contributed by atoms with Gasteiger partial charge >= 0.3 is 5.97 Å². The Balaban J connectivity index is 2.07. The Bertz CT molecular complexity index is 576. The first kappa shape index (κ1) is 15.4. The summed E-state index contributed by atoms with van der Waals surface area (Å²) in [5.41, 5.74) is 5.55. The average Bonchev–Trinajstić information content (AvgIpc) is 2.81. The van der Waals surface area contributed by atoms with E-state index in [1.807, 2.05) is 6.92 Å². The van der Waals surface area contributed by atoms with E-state index >= 15 is 0 Å². The molecule has 1 aromatic carbocycles. The number of carbonyl (C=O) groups excluding carboxylic acids is 2. The molecule has 2 rings (SSSR count). The standard InChI is InChI=1S/C15H19FN2O3/c1-15(14(17)20)5-6-18(9-15)8-10-3-4-11(12(16)7-10)13(19)21-2/h3-4,7H,5-6,8-9H2,1-2H3,(H2,17,20). The van der Waals surface area contributed by atoms with Crippen molar-refractivity contribution in [2.75, 3.05) is 20.2 Å². The Hall–Kier alpha value is -1.95. The van der Waals surface area contributed by atoms with Crippen molar-refractivity contribution >= 4 is 11.9 Å². The van der Waals surface area contributed by atoms with E-state index in [1.165, 1.54) is 19.2 Å². The van der Waals surface area contributed by atoms with E-state index in [4.69, 9.17) is 5.73 Å². The molecule has 0 aromatic heterocycles. The summed E-state index contributed by atoms with van der Waals surface area (Å²) in [5.74, 6) is -1.60. The van der Waals surface area contributed by atoms with Crippen LogP contribution in [-0.2, 0) is 16.1 Å². The van der Waals surface area contributed by atoms with Gasteiger partial charge in [0.15, 0.2) is 0 Å². The lowest BCUT2D eigenvalue weighted by Crippen LogP contribution is -2.36. The van der Waals surface area contributed by atoms with Gasteiger partial charge in [-0.1, -0.05) is 6.07 Å². The van der Waals surface area contributed by atoms with Crippen molar-refractivity contribution in [3.8, 4) is 0 Å². The zero-order chi connectivity index (χ0) is 15.6. The van der Waals surface area contributed by atoms with Crippen molar-refractivity contribution in [2.24, 2.45) is 11.1 Å². The molecule has 1 aromatic rings. The first-order valence-corrected chi connectivity index (χ1v) is 6.75. The number of halogens is 1. The van der Waals surface area contributed by atoms with Crippen LogP contribution in [0.4, 0.5) is 4.39 Å². The summed E-state index contributed by atoms with van der Waals surface area (Å²) < 4.78 is 18.4. The van der Waals surface area contributed by atoms with Gasteiger partial charge in [-0.2, -0.15) is 0 Å². The number of nitrogens with two attached hydrogens (primary N) is 1. The largest absolute Gasteiger partial charge is 0.465 e. The number of methoxy groups -OCH3 is 1. The lowest BCUT2D eigenvalue weighted by molar-refractivity contribution is -0.126. The molecule has 0 aliphatic carbocycles. The normalized spacial score (nSPS) is 22.2. The van der Waals surface area contributed by atoms with Gasteiger partial charge in [0, 0.05) is 13.1 Å². The lowest BCUT2D eigenvalue weighted by atomic mass is 9.89. The molecule has 0 bridgehead atoms. The fourth-order valence-corrected chi connectivity index (χ4v) is 2.58. The Morgan fingerprint density at radius 2 is 2.19 bits per heavy atom. The highest BCUT2D eigenvalue weighted by atomic mass is 19.1. The summed E-state index contributed by atoms with van der Waals surface area (Å²) in [6.45, 7) is 3.65. The molecule has 1 amide bonds. The molecule has 1 fully saturated rings. The second-order valence-electron chi connectivity index (χ2n) is 5.69. The summed E-state index contributed by atoms with van der Waals surface area (Å²) in [4.78, 5) is 24.8. The van der Waals surface area contributed by atoms with Crippen LogP contribution >= 0.6 is 0 Å². The Morgan fingerprint density at radius 3 is 2.71 bits per heavy atom. The minimum Gasteiger partial charge on any atom is -0.465 e. The molecule has 0 saturated carbocycles. The molecule has 1 heterocycles. The minimum absolute atomic E-state index is 0.0790. The minimum atomic E-state index is -0.693. The molecule has 114 valence electrons. The molecule has 6 heteroatoms. The number of likely N-dealkylation sites (tertiary alicyclic amines) is 1. The van der Waals surface area contributed by atoms with E-state index < -0.39 is 17.2 Å². The van der Waals surface area contributed by atoms with E-state index in [0.29, 0.717) is 19.5 Å². The summed E-state index contributed by atoms with van der Waals surface area (Å²) in [7, 11) is 1.21. The molecule has 1 saturated heterocycles. The third-order valence-corrected chi connectivity index (χ3v) is 3.99. The molecular formula is C15H19FN2O3. The number of nitrogens with zero attached hydrogens (tertiary/aromatic N) is 1. The third kappa shape index (κ3) is 3.21. The van der Waals surface area contributed by atoms with Crippen LogP contribution in [0.1, 0.15) is 29.3 Å². The molecule has 1 unspecified atom stereocenters. The molecule has 5 nitrogen and oxygen atoms in total. The predicted octanol–water partition coefficient (Wildman–Crippen LogP) is 1.31. The second-order valence-corrected chi connectivity index (χ2v) is 5.69. The van der Waals surface area contributed by atoms with Crippen LogP contribution in [0.3, 0.4) is 0 Å². The maximum absolute atomic E-state index is 13.8. The number of hydrogen-bond acceptors (Lipinski definition) is 4. The zero-order valence-corrected chi connectivity index (χ0v) is 12.2. The molecule has 0 radical (unpaired) electrons. The number of primary amides is 1. The van der Waals surface area contributed by atoms with Crippen molar-refractivity contribution in [3.63, 3.8) is 0 Å². The van der Waals surface area contributed by atoms with Crippen LogP contribution in [-0.4, -0.2) is 37.0 Å². The summed E-state index contributed by atoms with van der Waals surface area (Å²) in [5, 5.41) is 0. The predicted molar refractivity (Wildman–Crippen MR) is 74.9 cm³/mol. The highest BCUT2D eigenvalue weighted by Gasteiger charge is 2.38. The maximum Gasteiger partial charge on any atom is 0.340 e. The smallest absolute Gasteiger partial charge is 0.340 e. The van der Waals surface area contributed by atoms with Gasteiger partial charge < -0.3 is 10.5 Å². The van der Waals surface area contributed by atoms with Gasteiger partial charge in [-0.3, -0.25) is 9.69 Å². The molecule has 1 atom stereocenters. The Morgan fingerprint density at radius 1 is 1.48 bits per heavy atom. The molecule has 1 aliphatic rings. The van der Waals surface area contributed by atoms with Crippen molar-refractivity contribution in [1.82, 2.24) is 4.90 Å². The highest BCUT2D eigenvalue weighted by Crippen LogP contribution is 2.30.